The molecule has 1 aromatic rings. The summed E-state index contributed by atoms with van der Waals surface area (Å²) in [5.74, 6) is 0. The first-order chi connectivity index (χ1) is 9.98. The third kappa shape index (κ3) is 3.03. The van der Waals surface area contributed by atoms with Crippen LogP contribution in [0.5, 0.6) is 0 Å². The first-order valence-electron chi connectivity index (χ1n) is 7.50. The SMILES string of the molecule is Cc1cc(C)c(S(=O)(=O)N2CCC(N3CCNCC3)C2)s1. The number of hydrogen-bond acceptors (Lipinski definition) is 5. The number of nitrogens with one attached hydrogen (secondary N) is 1. The Balaban J connectivity index is 1.74. The van der Waals surface area contributed by atoms with E-state index in [-0.39, 0.29) is 0 Å². The summed E-state index contributed by atoms with van der Waals surface area (Å²) in [5, 5.41) is 3.34. The Labute approximate surface area is 131 Å². The molecule has 0 aliphatic carbocycles. The van der Waals surface area contributed by atoms with E-state index in [2.05, 4.69) is 10.2 Å². The molecule has 0 radical (unpaired) electrons. The lowest BCUT2D eigenvalue weighted by molar-refractivity contribution is 0.179. The minimum Gasteiger partial charge on any atom is -0.314 e. The zero-order chi connectivity index (χ0) is 15.0. The largest absolute Gasteiger partial charge is 0.314 e. The molecule has 2 aliphatic rings. The van der Waals surface area contributed by atoms with E-state index in [1.807, 2.05) is 19.9 Å². The molecule has 1 unspecified atom stereocenters. The van der Waals surface area contributed by atoms with E-state index >= 15 is 0 Å². The summed E-state index contributed by atoms with van der Waals surface area (Å²) in [7, 11) is -3.31. The van der Waals surface area contributed by atoms with E-state index in [9.17, 15) is 8.42 Å². The monoisotopic (exact) mass is 329 g/mol. The number of aryl methyl sites for hydroxylation is 2. The topological polar surface area (TPSA) is 52.7 Å². The Kier molecular flexibility index (Phi) is 4.38. The van der Waals surface area contributed by atoms with Gasteiger partial charge in [-0.15, -0.1) is 11.3 Å². The van der Waals surface area contributed by atoms with Crippen LogP contribution in [0.3, 0.4) is 0 Å². The van der Waals surface area contributed by atoms with Crippen molar-refractivity contribution >= 4 is 21.4 Å². The summed E-state index contributed by atoms with van der Waals surface area (Å²) >= 11 is 1.39. The van der Waals surface area contributed by atoms with Crippen LogP contribution in [0.15, 0.2) is 10.3 Å². The van der Waals surface area contributed by atoms with Crippen LogP contribution in [0.25, 0.3) is 0 Å². The van der Waals surface area contributed by atoms with Crippen LogP contribution in [-0.4, -0.2) is 62.9 Å². The molecule has 5 nitrogen and oxygen atoms in total. The lowest BCUT2D eigenvalue weighted by Crippen LogP contribution is -2.49. The van der Waals surface area contributed by atoms with E-state index < -0.39 is 10.0 Å². The van der Waals surface area contributed by atoms with Gasteiger partial charge in [-0.3, -0.25) is 4.90 Å². The average molecular weight is 329 g/mol. The molecule has 3 heterocycles. The van der Waals surface area contributed by atoms with Gasteiger partial charge >= 0.3 is 0 Å². The molecular weight excluding hydrogens is 306 g/mol. The second-order valence-corrected chi connectivity index (χ2v) is 9.31. The molecule has 21 heavy (non-hydrogen) atoms. The van der Waals surface area contributed by atoms with Gasteiger partial charge < -0.3 is 5.32 Å². The standard InChI is InChI=1S/C14H23N3O2S2/c1-11-9-12(2)20-14(11)21(18,19)17-6-3-13(10-17)16-7-4-15-5-8-16/h9,13,15H,3-8,10H2,1-2H3. The number of rotatable bonds is 3. The maximum atomic E-state index is 12.8. The van der Waals surface area contributed by atoms with Crippen molar-refractivity contribution in [2.75, 3.05) is 39.3 Å². The second kappa shape index (κ2) is 5.96. The molecule has 2 saturated heterocycles. The molecule has 0 bridgehead atoms. The van der Waals surface area contributed by atoms with Crippen molar-refractivity contribution in [2.45, 2.75) is 30.5 Å². The quantitative estimate of drug-likeness (QED) is 0.900. The first-order valence-corrected chi connectivity index (χ1v) is 9.76. The maximum Gasteiger partial charge on any atom is 0.252 e. The molecule has 1 aromatic heterocycles. The minimum atomic E-state index is -3.31. The van der Waals surface area contributed by atoms with Crippen molar-refractivity contribution < 1.29 is 8.42 Å². The Morgan fingerprint density at radius 1 is 1.24 bits per heavy atom. The van der Waals surface area contributed by atoms with Gasteiger partial charge in [0.15, 0.2) is 0 Å². The van der Waals surface area contributed by atoms with E-state index in [1.165, 1.54) is 11.3 Å². The van der Waals surface area contributed by atoms with Crippen molar-refractivity contribution in [1.29, 1.82) is 0 Å². The molecule has 0 spiro atoms. The van der Waals surface area contributed by atoms with Crippen LogP contribution in [0.1, 0.15) is 16.9 Å². The summed E-state index contributed by atoms with van der Waals surface area (Å²) in [6.07, 6.45) is 0.947. The smallest absolute Gasteiger partial charge is 0.252 e. The lowest BCUT2D eigenvalue weighted by atomic mass is 10.2. The van der Waals surface area contributed by atoms with E-state index in [1.54, 1.807) is 4.31 Å². The molecule has 0 aromatic carbocycles. The summed E-state index contributed by atoms with van der Waals surface area (Å²) in [4.78, 5) is 3.49. The summed E-state index contributed by atoms with van der Waals surface area (Å²) < 4.78 is 27.8. The summed E-state index contributed by atoms with van der Waals surface area (Å²) in [6, 6.07) is 2.34. The normalized spacial score (nSPS) is 25.5. The zero-order valence-electron chi connectivity index (χ0n) is 12.6. The fraction of sp³-hybridized carbons (Fsp3) is 0.714. The van der Waals surface area contributed by atoms with Crippen molar-refractivity contribution in [3.8, 4) is 0 Å². The highest BCUT2D eigenvalue weighted by Gasteiger charge is 2.36. The number of piperazine rings is 1. The van der Waals surface area contributed by atoms with Gasteiger partial charge in [0.1, 0.15) is 4.21 Å². The highest BCUT2D eigenvalue weighted by molar-refractivity contribution is 7.91. The molecule has 2 fully saturated rings. The molecule has 1 N–H and O–H groups in total. The molecule has 7 heteroatoms. The lowest BCUT2D eigenvalue weighted by Gasteiger charge is -2.32. The van der Waals surface area contributed by atoms with Crippen LogP contribution < -0.4 is 5.32 Å². The van der Waals surface area contributed by atoms with Gasteiger partial charge in [-0.05, 0) is 31.9 Å². The highest BCUT2D eigenvalue weighted by Crippen LogP contribution is 2.31. The Hall–Kier alpha value is -0.470. The van der Waals surface area contributed by atoms with Gasteiger partial charge in [-0.2, -0.15) is 4.31 Å². The molecule has 3 rings (SSSR count). The van der Waals surface area contributed by atoms with Crippen LogP contribution in [-0.2, 0) is 10.0 Å². The van der Waals surface area contributed by atoms with Gasteiger partial charge in [-0.25, -0.2) is 8.42 Å². The zero-order valence-corrected chi connectivity index (χ0v) is 14.3. The number of thiophene rings is 1. The van der Waals surface area contributed by atoms with Crippen molar-refractivity contribution in [3.05, 3.63) is 16.5 Å². The van der Waals surface area contributed by atoms with Gasteiger partial charge in [-0.1, -0.05) is 0 Å². The van der Waals surface area contributed by atoms with E-state index in [4.69, 9.17) is 0 Å². The van der Waals surface area contributed by atoms with Crippen molar-refractivity contribution in [1.82, 2.24) is 14.5 Å². The van der Waals surface area contributed by atoms with Crippen molar-refractivity contribution in [2.24, 2.45) is 0 Å². The van der Waals surface area contributed by atoms with E-state index in [0.29, 0.717) is 23.3 Å². The van der Waals surface area contributed by atoms with Crippen LogP contribution in [0, 0.1) is 13.8 Å². The number of sulfonamides is 1. The third-order valence-corrected chi connectivity index (χ3v) is 7.99. The summed E-state index contributed by atoms with van der Waals surface area (Å²) in [6.45, 7) is 9.20. The fourth-order valence-corrected chi connectivity index (χ4v) is 6.56. The molecule has 118 valence electrons. The average Bonchev–Trinajstić information content (AvgIpc) is 3.07. The van der Waals surface area contributed by atoms with Gasteiger partial charge in [0.05, 0.1) is 0 Å². The third-order valence-electron chi connectivity index (χ3n) is 4.36. The Bertz CT molecular complexity index is 606. The number of hydrogen-bond donors (Lipinski definition) is 1. The highest BCUT2D eigenvalue weighted by atomic mass is 32.2. The maximum absolute atomic E-state index is 12.8. The molecule has 0 saturated carbocycles. The van der Waals surface area contributed by atoms with Crippen molar-refractivity contribution in [3.63, 3.8) is 0 Å². The van der Waals surface area contributed by atoms with Crippen LogP contribution >= 0.6 is 11.3 Å². The van der Waals surface area contributed by atoms with Crippen LogP contribution in [0.4, 0.5) is 0 Å². The Morgan fingerprint density at radius 3 is 2.57 bits per heavy atom. The molecule has 2 aliphatic heterocycles. The number of nitrogens with zero attached hydrogens (tertiary/aromatic N) is 2. The first kappa shape index (κ1) is 15.4. The second-order valence-electron chi connectivity index (χ2n) is 5.92. The van der Waals surface area contributed by atoms with Gasteiger partial charge in [0.25, 0.3) is 10.0 Å². The van der Waals surface area contributed by atoms with E-state index in [0.717, 1.165) is 43.0 Å². The predicted octanol–water partition coefficient (Wildman–Crippen LogP) is 1.03. The molecular formula is C14H23N3O2S2. The summed E-state index contributed by atoms with van der Waals surface area (Å²) in [5.41, 5.74) is 0.878. The molecule has 0 amide bonds. The van der Waals surface area contributed by atoms with Gasteiger partial charge in [0, 0.05) is 50.2 Å². The van der Waals surface area contributed by atoms with Crippen LogP contribution in [0.2, 0.25) is 0 Å². The van der Waals surface area contributed by atoms with Gasteiger partial charge in [0.2, 0.25) is 0 Å². The Morgan fingerprint density at radius 2 is 1.95 bits per heavy atom. The fourth-order valence-electron chi connectivity index (χ4n) is 3.27. The molecule has 1 atom stereocenters. The predicted molar refractivity (Wildman–Crippen MR) is 85.4 cm³/mol. The minimum absolute atomic E-state index is 0.378.